The highest BCUT2D eigenvalue weighted by atomic mass is 15.2. The van der Waals surface area contributed by atoms with Gasteiger partial charge in [-0.2, -0.15) is 0 Å². The molecule has 1 unspecified atom stereocenters. The summed E-state index contributed by atoms with van der Waals surface area (Å²) in [5.74, 6) is 0.383. The lowest BCUT2D eigenvalue weighted by molar-refractivity contribution is 0.774. The first-order valence-corrected chi connectivity index (χ1v) is 16.8. The minimum atomic E-state index is -0.514. The summed E-state index contributed by atoms with van der Waals surface area (Å²) in [5, 5.41) is 4.68. The molecule has 0 spiro atoms. The summed E-state index contributed by atoms with van der Waals surface area (Å²) < 4.78 is 4.41. The van der Waals surface area contributed by atoms with Gasteiger partial charge in [-0.25, -0.2) is 4.99 Å². The molecule has 50 heavy (non-hydrogen) atoms. The van der Waals surface area contributed by atoms with E-state index in [0.717, 1.165) is 49.7 Å². The minimum absolute atomic E-state index is 0.383. The van der Waals surface area contributed by atoms with Crippen LogP contribution in [0.1, 0.15) is 17.3 Å². The van der Waals surface area contributed by atoms with E-state index in [-0.39, 0.29) is 0 Å². The van der Waals surface area contributed by atoms with E-state index in [1.807, 2.05) is 72.9 Å². The maximum Gasteiger partial charge on any atom is 0.203 e. The van der Waals surface area contributed by atoms with Crippen LogP contribution in [0.2, 0.25) is 0 Å². The quantitative estimate of drug-likeness (QED) is 0.142. The average Bonchev–Trinajstić information content (AvgIpc) is 3.70. The highest BCUT2D eigenvalue weighted by Gasteiger charge is 2.18. The number of rotatable bonds is 6. The van der Waals surface area contributed by atoms with E-state index < -0.39 is 6.17 Å². The van der Waals surface area contributed by atoms with Crippen LogP contribution in [0, 0.1) is 0 Å². The first kappa shape index (κ1) is 29.4. The van der Waals surface area contributed by atoms with Gasteiger partial charge < -0.3 is 10.3 Å². The van der Waals surface area contributed by atoms with E-state index in [1.54, 1.807) is 0 Å². The van der Waals surface area contributed by atoms with Crippen molar-refractivity contribution in [3.8, 4) is 16.8 Å². The average molecular weight is 644 g/mol. The van der Waals surface area contributed by atoms with E-state index in [1.165, 1.54) is 21.8 Å². The molecule has 5 heteroatoms. The molecule has 0 saturated carbocycles. The first-order chi connectivity index (χ1) is 24.7. The van der Waals surface area contributed by atoms with Gasteiger partial charge in [0.05, 0.1) is 22.1 Å². The number of benzene rings is 7. The van der Waals surface area contributed by atoms with Gasteiger partial charge in [-0.1, -0.05) is 133 Å². The van der Waals surface area contributed by atoms with Crippen molar-refractivity contribution in [2.45, 2.75) is 6.17 Å². The fraction of sp³-hybridized carbons (Fsp3) is 0.0222. The van der Waals surface area contributed by atoms with Gasteiger partial charge in [0.15, 0.2) is 6.17 Å². The van der Waals surface area contributed by atoms with Gasteiger partial charge in [0.2, 0.25) is 5.96 Å². The van der Waals surface area contributed by atoms with Crippen LogP contribution >= 0.6 is 0 Å². The van der Waals surface area contributed by atoms with Crippen LogP contribution < -0.4 is 5.73 Å². The van der Waals surface area contributed by atoms with Crippen molar-refractivity contribution in [3.05, 3.63) is 187 Å². The number of hydrogen-bond donors (Lipinski definition) is 1. The molecular formula is C45H33N5. The summed E-state index contributed by atoms with van der Waals surface area (Å²) in [6.45, 7) is 0. The van der Waals surface area contributed by atoms with Crippen molar-refractivity contribution in [1.82, 2.24) is 9.13 Å². The molecular weight excluding hydrogens is 611 g/mol. The van der Waals surface area contributed by atoms with Crippen LogP contribution in [0.25, 0.3) is 60.4 Å². The normalized spacial score (nSPS) is 12.8. The van der Waals surface area contributed by atoms with E-state index in [0.29, 0.717) is 5.96 Å². The monoisotopic (exact) mass is 643 g/mol. The Balaban J connectivity index is 1.20. The second-order valence-electron chi connectivity index (χ2n) is 12.5. The number of aromatic nitrogens is 2. The second kappa shape index (κ2) is 12.4. The van der Waals surface area contributed by atoms with E-state index in [9.17, 15) is 0 Å². The van der Waals surface area contributed by atoms with Crippen LogP contribution in [0.5, 0.6) is 0 Å². The molecule has 0 saturated heterocycles. The Bertz CT molecular complexity index is 2700. The van der Waals surface area contributed by atoms with Gasteiger partial charge in [-0.15, -0.1) is 0 Å². The summed E-state index contributed by atoms with van der Waals surface area (Å²) in [6.07, 6.45) is 1.35. The summed E-state index contributed by atoms with van der Waals surface area (Å²) in [4.78, 5) is 9.98. The number of nitrogens with zero attached hydrogens (tertiary/aromatic N) is 4. The summed E-state index contributed by atoms with van der Waals surface area (Å²) >= 11 is 0. The van der Waals surface area contributed by atoms with Gasteiger partial charge in [-0.3, -0.25) is 9.56 Å². The van der Waals surface area contributed by atoms with Crippen LogP contribution in [0.3, 0.4) is 0 Å². The third-order valence-corrected chi connectivity index (χ3v) is 9.44. The van der Waals surface area contributed by atoms with Crippen molar-refractivity contribution in [1.29, 1.82) is 0 Å². The molecule has 0 bridgehead atoms. The Hall–Kier alpha value is -6.72. The number of para-hydroxylation sites is 3. The Kier molecular flexibility index (Phi) is 7.29. The highest BCUT2D eigenvalue weighted by Crippen LogP contribution is 2.37. The summed E-state index contributed by atoms with van der Waals surface area (Å²) in [7, 11) is 0. The lowest BCUT2D eigenvalue weighted by Gasteiger charge is -2.13. The van der Waals surface area contributed by atoms with Gasteiger partial charge in [-0.05, 0) is 64.7 Å². The van der Waals surface area contributed by atoms with Crippen molar-refractivity contribution >= 4 is 55.8 Å². The molecule has 1 atom stereocenters. The molecule has 7 aromatic carbocycles. The van der Waals surface area contributed by atoms with Crippen molar-refractivity contribution in [2.75, 3.05) is 0 Å². The van der Waals surface area contributed by atoms with Crippen LogP contribution in [0.4, 0.5) is 0 Å². The largest absolute Gasteiger partial charge is 0.369 e. The summed E-state index contributed by atoms with van der Waals surface area (Å²) in [6, 6.07) is 61.1. The molecule has 0 radical (unpaired) electrons. The van der Waals surface area contributed by atoms with Crippen molar-refractivity contribution in [3.63, 3.8) is 0 Å². The lowest BCUT2D eigenvalue weighted by Crippen LogP contribution is -2.23. The number of nitrogens with two attached hydrogens (primary N) is 1. The molecule has 0 aliphatic rings. The molecule has 0 fully saturated rings. The van der Waals surface area contributed by atoms with Gasteiger partial charge in [0.25, 0.3) is 0 Å². The minimum Gasteiger partial charge on any atom is -0.369 e. The van der Waals surface area contributed by atoms with Crippen LogP contribution in [-0.4, -0.2) is 21.3 Å². The Labute approximate surface area is 289 Å². The molecule has 2 heterocycles. The van der Waals surface area contributed by atoms with Crippen LogP contribution in [0.15, 0.2) is 186 Å². The lowest BCUT2D eigenvalue weighted by atomic mass is 10.0. The standard InChI is InChI=1S/C45H33N5/c46-45(48-44(32-16-6-2-7-17-32)47-30-31-14-4-1-5-15-31)50-41-23-13-10-20-36(41)38-26-24-34(29-43(38)50)33-25-27-42-39(28-33)37-21-11-12-22-40(37)49(42)35-18-8-3-9-19-35/h1-30,44H,(H2,46,48)/b47-30+. The zero-order valence-corrected chi connectivity index (χ0v) is 27.3. The zero-order chi connectivity index (χ0) is 33.4. The maximum atomic E-state index is 7.00. The molecule has 238 valence electrons. The number of aliphatic imine (C=N–C) groups is 2. The molecule has 5 nitrogen and oxygen atoms in total. The fourth-order valence-electron chi connectivity index (χ4n) is 7.10. The van der Waals surface area contributed by atoms with E-state index >= 15 is 0 Å². The SMILES string of the molecule is N/C(=N\C(/N=C/c1ccccc1)c1ccccc1)n1c2ccccc2c2ccc(-c3ccc4c(c3)c3ccccc3n4-c3ccccc3)cc21. The van der Waals surface area contributed by atoms with Crippen LogP contribution in [-0.2, 0) is 0 Å². The number of hydrogen-bond acceptors (Lipinski definition) is 2. The Morgan fingerprint density at radius 2 is 1.06 bits per heavy atom. The van der Waals surface area contributed by atoms with Gasteiger partial charge in [0.1, 0.15) is 0 Å². The fourth-order valence-corrected chi connectivity index (χ4v) is 7.10. The molecule has 9 rings (SSSR count). The Morgan fingerprint density at radius 1 is 0.500 bits per heavy atom. The molecule has 0 aliphatic carbocycles. The smallest absolute Gasteiger partial charge is 0.203 e. The van der Waals surface area contributed by atoms with Gasteiger partial charge >= 0.3 is 0 Å². The Morgan fingerprint density at radius 3 is 1.82 bits per heavy atom. The number of fused-ring (bicyclic) bond motifs is 6. The molecule has 2 N–H and O–H groups in total. The van der Waals surface area contributed by atoms with E-state index in [2.05, 4.69) is 118 Å². The third-order valence-electron chi connectivity index (χ3n) is 9.44. The molecule has 9 aromatic rings. The third kappa shape index (κ3) is 5.13. The second-order valence-corrected chi connectivity index (χ2v) is 12.5. The molecule has 0 aliphatic heterocycles. The van der Waals surface area contributed by atoms with Crippen molar-refractivity contribution in [2.24, 2.45) is 15.7 Å². The molecule has 2 aromatic heterocycles. The predicted octanol–water partition coefficient (Wildman–Crippen LogP) is 10.5. The topological polar surface area (TPSA) is 60.6 Å². The highest BCUT2D eigenvalue weighted by molar-refractivity contribution is 6.15. The maximum absolute atomic E-state index is 7.00. The summed E-state index contributed by atoms with van der Waals surface area (Å²) in [5.41, 5.74) is 16.7. The predicted molar refractivity (Wildman–Crippen MR) is 209 cm³/mol. The zero-order valence-electron chi connectivity index (χ0n) is 27.3. The van der Waals surface area contributed by atoms with E-state index in [4.69, 9.17) is 15.7 Å². The van der Waals surface area contributed by atoms with Gasteiger partial charge in [0, 0.05) is 33.4 Å². The van der Waals surface area contributed by atoms with Crippen molar-refractivity contribution < 1.29 is 0 Å². The molecule has 0 amide bonds. The first-order valence-electron chi connectivity index (χ1n) is 16.8.